The van der Waals surface area contributed by atoms with E-state index in [4.69, 9.17) is 9.94 Å². The van der Waals surface area contributed by atoms with Gasteiger partial charge in [0.15, 0.2) is 0 Å². The van der Waals surface area contributed by atoms with E-state index in [0.29, 0.717) is 11.5 Å². The van der Waals surface area contributed by atoms with Crippen molar-refractivity contribution in [3.63, 3.8) is 0 Å². The van der Waals surface area contributed by atoms with E-state index in [2.05, 4.69) is 24.0 Å². The zero-order chi connectivity index (χ0) is 21.7. The molecule has 1 aliphatic rings. The smallest absolute Gasteiger partial charge is 0.416 e. The molecule has 2 N–H and O–H groups in total. The van der Waals surface area contributed by atoms with Gasteiger partial charge in [0.1, 0.15) is 11.9 Å². The molecule has 2 aromatic carbocycles. The van der Waals surface area contributed by atoms with Gasteiger partial charge in [-0.2, -0.15) is 13.2 Å². The van der Waals surface area contributed by atoms with E-state index in [0.717, 1.165) is 40.6 Å². The molecule has 0 amide bonds. The fourth-order valence-corrected chi connectivity index (χ4v) is 4.25. The highest BCUT2D eigenvalue weighted by Gasteiger charge is 2.50. The van der Waals surface area contributed by atoms with E-state index >= 15 is 0 Å². The number of aromatic nitrogens is 1. The first-order valence-corrected chi connectivity index (χ1v) is 9.75. The van der Waals surface area contributed by atoms with Crippen molar-refractivity contribution in [1.82, 2.24) is 4.98 Å². The molecule has 4 rings (SSSR count). The second-order valence-corrected chi connectivity index (χ2v) is 8.43. The summed E-state index contributed by atoms with van der Waals surface area (Å²) in [6.07, 6.45) is -1.86. The number of oxime groups is 1. The van der Waals surface area contributed by atoms with Crippen LogP contribution in [-0.2, 0) is 6.18 Å². The van der Waals surface area contributed by atoms with Crippen molar-refractivity contribution in [2.45, 2.75) is 45.4 Å². The van der Waals surface area contributed by atoms with Gasteiger partial charge in [-0.1, -0.05) is 31.1 Å². The van der Waals surface area contributed by atoms with Crippen molar-refractivity contribution in [2.24, 2.45) is 10.6 Å². The summed E-state index contributed by atoms with van der Waals surface area (Å²) in [5.74, 6) is 0.832. The number of hydrogen-bond donors (Lipinski definition) is 2. The zero-order valence-corrected chi connectivity index (χ0v) is 16.9. The Bertz CT molecular complexity index is 1100. The van der Waals surface area contributed by atoms with Crippen molar-refractivity contribution in [2.75, 3.05) is 0 Å². The first kappa shape index (κ1) is 20.3. The summed E-state index contributed by atoms with van der Waals surface area (Å²) in [5.41, 5.74) is 2.26. The van der Waals surface area contributed by atoms with E-state index in [1.807, 2.05) is 18.2 Å². The first-order chi connectivity index (χ1) is 14.1. The molecule has 0 spiro atoms. The number of fused-ring (bicyclic) bond motifs is 1. The molecule has 1 fully saturated rings. The van der Waals surface area contributed by atoms with Crippen LogP contribution in [0.1, 0.15) is 49.8 Å². The predicted octanol–water partition coefficient (Wildman–Crippen LogP) is 6.35. The van der Waals surface area contributed by atoms with Gasteiger partial charge in [0, 0.05) is 28.1 Å². The Morgan fingerprint density at radius 3 is 2.47 bits per heavy atom. The van der Waals surface area contributed by atoms with Gasteiger partial charge in [-0.05, 0) is 55.2 Å². The van der Waals surface area contributed by atoms with Gasteiger partial charge >= 0.3 is 6.18 Å². The Labute approximate surface area is 172 Å². The summed E-state index contributed by atoms with van der Waals surface area (Å²) in [6.45, 7) is 5.87. The first-order valence-electron chi connectivity index (χ1n) is 9.75. The van der Waals surface area contributed by atoms with Crippen LogP contribution >= 0.6 is 0 Å². The zero-order valence-electron chi connectivity index (χ0n) is 16.9. The summed E-state index contributed by atoms with van der Waals surface area (Å²) < 4.78 is 44.7. The molecule has 1 aromatic heterocycles. The molecular weight excluding hydrogens is 393 g/mol. The van der Waals surface area contributed by atoms with Crippen LogP contribution in [0.3, 0.4) is 0 Å². The molecule has 158 valence electrons. The van der Waals surface area contributed by atoms with Gasteiger partial charge < -0.3 is 14.9 Å². The lowest BCUT2D eigenvalue weighted by Crippen LogP contribution is -2.50. The van der Waals surface area contributed by atoms with E-state index in [1.54, 1.807) is 25.3 Å². The number of nitrogens with zero attached hydrogens (tertiary/aromatic N) is 1. The number of benzene rings is 2. The molecule has 2 atom stereocenters. The van der Waals surface area contributed by atoms with Crippen molar-refractivity contribution in [1.29, 1.82) is 0 Å². The van der Waals surface area contributed by atoms with Crippen LogP contribution in [0.4, 0.5) is 13.2 Å². The molecule has 3 aromatic rings. The van der Waals surface area contributed by atoms with Crippen LogP contribution in [0.15, 0.2) is 53.8 Å². The standard InChI is InChI=1S/C23H23F3N2O2/c1-13(28-29)18-12-27-20-9-8-16(10-17(18)20)30-21-11-19(22(21,2)3)14-4-6-15(7-5-14)23(24,25)26/h4-10,12,19,21,27,29H,11H2,1-3H3/b28-13-. The van der Waals surface area contributed by atoms with Gasteiger partial charge in [-0.3, -0.25) is 0 Å². The average molecular weight is 416 g/mol. The van der Waals surface area contributed by atoms with Gasteiger partial charge in [0.2, 0.25) is 0 Å². The van der Waals surface area contributed by atoms with Crippen LogP contribution < -0.4 is 4.74 Å². The fraction of sp³-hybridized carbons (Fsp3) is 0.348. The lowest BCUT2D eigenvalue weighted by Gasteiger charge is -2.51. The van der Waals surface area contributed by atoms with Crippen LogP contribution in [-0.4, -0.2) is 22.0 Å². The van der Waals surface area contributed by atoms with E-state index in [9.17, 15) is 13.2 Å². The maximum atomic E-state index is 12.8. The van der Waals surface area contributed by atoms with E-state index in [-0.39, 0.29) is 17.4 Å². The number of alkyl halides is 3. The van der Waals surface area contributed by atoms with Crippen LogP contribution in [0, 0.1) is 5.41 Å². The lowest BCUT2D eigenvalue weighted by molar-refractivity contribution is -0.137. The maximum Gasteiger partial charge on any atom is 0.416 e. The number of hydrogen-bond acceptors (Lipinski definition) is 3. The lowest BCUT2D eigenvalue weighted by atomic mass is 9.57. The molecule has 0 bridgehead atoms. The number of ether oxygens (including phenoxy) is 1. The fourth-order valence-electron chi connectivity index (χ4n) is 4.25. The number of rotatable bonds is 4. The van der Waals surface area contributed by atoms with Gasteiger partial charge in [-0.15, -0.1) is 0 Å². The number of H-pyrrole nitrogens is 1. The molecule has 1 saturated carbocycles. The summed E-state index contributed by atoms with van der Waals surface area (Å²) in [5, 5.41) is 13.3. The number of aromatic amines is 1. The minimum absolute atomic E-state index is 0.0581. The minimum atomic E-state index is -4.33. The summed E-state index contributed by atoms with van der Waals surface area (Å²) in [4.78, 5) is 3.14. The number of nitrogens with one attached hydrogen (secondary N) is 1. The molecule has 2 unspecified atom stereocenters. The van der Waals surface area contributed by atoms with Crippen molar-refractivity contribution in [3.8, 4) is 5.75 Å². The largest absolute Gasteiger partial charge is 0.490 e. The molecule has 0 aliphatic heterocycles. The van der Waals surface area contributed by atoms with Crippen LogP contribution in [0.2, 0.25) is 0 Å². The highest BCUT2D eigenvalue weighted by molar-refractivity contribution is 6.09. The quantitative estimate of drug-likeness (QED) is 0.296. The summed E-state index contributed by atoms with van der Waals surface area (Å²) in [6, 6.07) is 11.1. The Balaban J connectivity index is 1.52. The van der Waals surface area contributed by atoms with Gasteiger partial charge in [0.05, 0.1) is 11.3 Å². The molecule has 30 heavy (non-hydrogen) atoms. The Hall–Kier alpha value is -2.96. The van der Waals surface area contributed by atoms with E-state index < -0.39 is 11.7 Å². The minimum Gasteiger partial charge on any atom is -0.490 e. The monoisotopic (exact) mass is 416 g/mol. The highest BCUT2D eigenvalue weighted by Crippen LogP contribution is 2.54. The Morgan fingerprint density at radius 1 is 1.17 bits per heavy atom. The summed E-state index contributed by atoms with van der Waals surface area (Å²) in [7, 11) is 0. The van der Waals surface area contributed by atoms with Crippen molar-refractivity contribution in [3.05, 3.63) is 65.4 Å². The second-order valence-electron chi connectivity index (χ2n) is 8.43. The Morgan fingerprint density at radius 2 is 1.87 bits per heavy atom. The van der Waals surface area contributed by atoms with Crippen molar-refractivity contribution < 1.29 is 23.1 Å². The molecule has 7 heteroatoms. The molecule has 1 heterocycles. The predicted molar refractivity (Wildman–Crippen MR) is 109 cm³/mol. The average Bonchev–Trinajstić information content (AvgIpc) is 3.13. The van der Waals surface area contributed by atoms with E-state index in [1.165, 1.54) is 0 Å². The van der Waals surface area contributed by atoms with Crippen LogP contribution in [0.5, 0.6) is 5.75 Å². The summed E-state index contributed by atoms with van der Waals surface area (Å²) >= 11 is 0. The van der Waals surface area contributed by atoms with Crippen molar-refractivity contribution >= 4 is 16.6 Å². The maximum absolute atomic E-state index is 12.8. The Kier molecular flexibility index (Phi) is 4.79. The topological polar surface area (TPSA) is 57.6 Å². The van der Waals surface area contributed by atoms with Crippen LogP contribution in [0.25, 0.3) is 10.9 Å². The molecule has 0 saturated heterocycles. The third kappa shape index (κ3) is 3.42. The number of halogens is 3. The SMILES string of the molecule is C/C(=N/O)c1c[nH]c2ccc(OC3CC(c4ccc(C(F)(F)F)cc4)C3(C)C)cc12. The normalized spacial score (nSPS) is 21.5. The van der Waals surface area contributed by atoms with Gasteiger partial charge in [0.25, 0.3) is 0 Å². The van der Waals surface area contributed by atoms with Gasteiger partial charge in [-0.25, -0.2) is 0 Å². The second kappa shape index (κ2) is 7.07. The molecular formula is C23H23F3N2O2. The molecule has 1 aliphatic carbocycles. The third-order valence-electron chi connectivity index (χ3n) is 6.29. The third-order valence-corrected chi connectivity index (χ3v) is 6.29. The highest BCUT2D eigenvalue weighted by atomic mass is 19.4. The molecule has 4 nitrogen and oxygen atoms in total. The molecule has 0 radical (unpaired) electrons.